The Labute approximate surface area is 113 Å². The van der Waals surface area contributed by atoms with E-state index in [1.165, 1.54) is 6.21 Å². The average Bonchev–Trinajstić information content (AvgIpc) is 2.39. The first-order valence-electron chi connectivity index (χ1n) is 5.92. The Morgan fingerprint density at radius 2 is 1.95 bits per heavy atom. The number of aromatic hydroxyl groups is 1. The molecule has 0 fully saturated rings. The summed E-state index contributed by atoms with van der Waals surface area (Å²) in [6, 6.07) is 6.90. The van der Waals surface area contributed by atoms with E-state index in [9.17, 15) is 14.7 Å². The molecule has 0 radical (unpaired) electrons. The lowest BCUT2D eigenvalue weighted by Crippen LogP contribution is -2.24. The largest absolute Gasteiger partial charge is 0.494 e. The fourth-order valence-corrected chi connectivity index (χ4v) is 1.54. The number of benzene rings is 1. The fraction of sp³-hybridized carbons (Fsp3) is 0.154. The fourth-order valence-electron chi connectivity index (χ4n) is 1.54. The number of aromatic amines is 2. The van der Waals surface area contributed by atoms with Gasteiger partial charge in [0.2, 0.25) is 5.88 Å². The number of ether oxygens (including phenoxy) is 1. The minimum Gasteiger partial charge on any atom is -0.494 e. The summed E-state index contributed by atoms with van der Waals surface area (Å²) < 4.78 is 5.29. The first-order valence-corrected chi connectivity index (χ1v) is 5.92. The van der Waals surface area contributed by atoms with Crippen molar-refractivity contribution in [1.29, 1.82) is 0 Å². The zero-order valence-corrected chi connectivity index (χ0v) is 10.7. The summed E-state index contributed by atoms with van der Waals surface area (Å²) in [7, 11) is 0. The van der Waals surface area contributed by atoms with E-state index in [-0.39, 0.29) is 5.56 Å². The van der Waals surface area contributed by atoms with E-state index in [0.29, 0.717) is 12.3 Å². The molecule has 1 heterocycles. The predicted molar refractivity (Wildman–Crippen MR) is 74.2 cm³/mol. The zero-order chi connectivity index (χ0) is 14.5. The molecule has 7 nitrogen and oxygen atoms in total. The van der Waals surface area contributed by atoms with Crippen LogP contribution in [0.1, 0.15) is 12.5 Å². The monoisotopic (exact) mass is 275 g/mol. The number of rotatable bonds is 4. The van der Waals surface area contributed by atoms with Gasteiger partial charge in [0.15, 0.2) is 0 Å². The van der Waals surface area contributed by atoms with E-state index >= 15 is 0 Å². The molecular formula is C13H13N3O4. The second-order valence-electron chi connectivity index (χ2n) is 3.86. The smallest absolute Gasteiger partial charge is 0.328 e. The van der Waals surface area contributed by atoms with E-state index in [2.05, 4.69) is 9.98 Å². The van der Waals surface area contributed by atoms with Gasteiger partial charge in [-0.2, -0.15) is 0 Å². The van der Waals surface area contributed by atoms with Crippen molar-refractivity contribution in [2.24, 2.45) is 4.99 Å². The number of hydrogen-bond acceptors (Lipinski definition) is 5. The van der Waals surface area contributed by atoms with Crippen molar-refractivity contribution >= 4 is 11.9 Å². The molecule has 2 rings (SSSR count). The van der Waals surface area contributed by atoms with E-state index in [0.717, 1.165) is 5.75 Å². The lowest BCUT2D eigenvalue weighted by molar-refractivity contribution is 0.340. The van der Waals surface area contributed by atoms with Gasteiger partial charge >= 0.3 is 5.69 Å². The van der Waals surface area contributed by atoms with E-state index in [1.54, 1.807) is 24.3 Å². The Balaban J connectivity index is 2.25. The van der Waals surface area contributed by atoms with Gasteiger partial charge in [-0.3, -0.25) is 19.8 Å². The molecular weight excluding hydrogens is 262 g/mol. The van der Waals surface area contributed by atoms with Crippen LogP contribution < -0.4 is 16.0 Å². The summed E-state index contributed by atoms with van der Waals surface area (Å²) in [6.07, 6.45) is 1.18. The molecule has 0 aliphatic heterocycles. The van der Waals surface area contributed by atoms with Crippen molar-refractivity contribution in [2.75, 3.05) is 6.61 Å². The van der Waals surface area contributed by atoms with Gasteiger partial charge in [0.1, 0.15) is 11.3 Å². The molecule has 2 aromatic rings. The number of aromatic nitrogens is 2. The molecule has 0 aliphatic carbocycles. The quantitative estimate of drug-likeness (QED) is 0.721. The summed E-state index contributed by atoms with van der Waals surface area (Å²) in [5, 5.41) is 9.48. The Morgan fingerprint density at radius 1 is 1.25 bits per heavy atom. The third-order valence-electron chi connectivity index (χ3n) is 2.45. The minimum atomic E-state index is -0.772. The van der Waals surface area contributed by atoms with Gasteiger partial charge < -0.3 is 9.84 Å². The van der Waals surface area contributed by atoms with Crippen LogP contribution in [0.4, 0.5) is 5.69 Å². The van der Waals surface area contributed by atoms with Crippen LogP contribution in [0.2, 0.25) is 0 Å². The summed E-state index contributed by atoms with van der Waals surface area (Å²) >= 11 is 0. The van der Waals surface area contributed by atoms with E-state index in [4.69, 9.17) is 4.74 Å². The maximum atomic E-state index is 11.5. The van der Waals surface area contributed by atoms with Crippen LogP contribution in [0.3, 0.4) is 0 Å². The van der Waals surface area contributed by atoms with Crippen molar-refractivity contribution in [1.82, 2.24) is 9.97 Å². The van der Waals surface area contributed by atoms with Crippen LogP contribution in [0.5, 0.6) is 11.6 Å². The summed E-state index contributed by atoms with van der Waals surface area (Å²) in [6.45, 7) is 2.46. The van der Waals surface area contributed by atoms with Crippen molar-refractivity contribution in [3.8, 4) is 11.6 Å². The first-order chi connectivity index (χ1) is 9.60. The second kappa shape index (κ2) is 5.87. The first kappa shape index (κ1) is 13.6. The maximum Gasteiger partial charge on any atom is 0.328 e. The Kier molecular flexibility index (Phi) is 3.99. The summed E-state index contributed by atoms with van der Waals surface area (Å²) in [5.74, 6) is 0.199. The highest BCUT2D eigenvalue weighted by molar-refractivity contribution is 5.83. The molecule has 0 spiro atoms. The van der Waals surface area contributed by atoms with Gasteiger partial charge in [-0.1, -0.05) is 0 Å². The van der Waals surface area contributed by atoms with Crippen molar-refractivity contribution in [2.45, 2.75) is 6.92 Å². The summed E-state index contributed by atoms with van der Waals surface area (Å²) in [5.41, 5.74) is -1.01. The molecule has 0 atom stereocenters. The molecule has 0 aliphatic rings. The number of nitrogens with zero attached hydrogens (tertiary/aromatic N) is 1. The Morgan fingerprint density at radius 3 is 2.55 bits per heavy atom. The zero-order valence-electron chi connectivity index (χ0n) is 10.7. The number of H-pyrrole nitrogens is 2. The molecule has 1 aromatic carbocycles. The topological polar surface area (TPSA) is 108 Å². The maximum absolute atomic E-state index is 11.5. The SMILES string of the molecule is CCOc1ccc(N=Cc2c(O)[nH]c(=O)[nH]c2=O)cc1. The standard InChI is InChI=1S/C13H13N3O4/c1-2-20-9-5-3-8(4-6-9)14-7-10-11(17)15-13(19)16-12(10)18/h3-7H,2H2,1H3,(H3,15,16,17,18,19). The predicted octanol–water partition coefficient (Wildman–Crippen LogP) is 0.918. The lowest BCUT2D eigenvalue weighted by atomic mass is 10.3. The van der Waals surface area contributed by atoms with Gasteiger partial charge in [0.05, 0.1) is 12.3 Å². The van der Waals surface area contributed by atoms with Gasteiger partial charge in [-0.25, -0.2) is 4.79 Å². The van der Waals surface area contributed by atoms with Crippen LogP contribution in [-0.2, 0) is 0 Å². The average molecular weight is 275 g/mol. The number of aliphatic imine (C=N–C) groups is 1. The molecule has 3 N–H and O–H groups in total. The van der Waals surface area contributed by atoms with E-state index in [1.807, 2.05) is 11.9 Å². The van der Waals surface area contributed by atoms with E-state index < -0.39 is 17.1 Å². The van der Waals surface area contributed by atoms with Crippen LogP contribution >= 0.6 is 0 Å². The van der Waals surface area contributed by atoms with Gasteiger partial charge in [0, 0.05) is 6.21 Å². The highest BCUT2D eigenvalue weighted by Crippen LogP contribution is 2.18. The van der Waals surface area contributed by atoms with Gasteiger partial charge in [0.25, 0.3) is 5.56 Å². The van der Waals surface area contributed by atoms with Crippen LogP contribution in [-0.4, -0.2) is 27.9 Å². The van der Waals surface area contributed by atoms with Crippen molar-refractivity contribution in [3.05, 3.63) is 50.7 Å². The lowest BCUT2D eigenvalue weighted by Gasteiger charge is -2.02. The highest BCUT2D eigenvalue weighted by Gasteiger charge is 2.05. The third kappa shape index (κ3) is 3.14. The van der Waals surface area contributed by atoms with Crippen molar-refractivity contribution in [3.63, 3.8) is 0 Å². The van der Waals surface area contributed by atoms with Gasteiger partial charge in [-0.15, -0.1) is 0 Å². The minimum absolute atomic E-state index is 0.113. The molecule has 0 saturated carbocycles. The number of hydrogen-bond donors (Lipinski definition) is 3. The van der Waals surface area contributed by atoms with Crippen LogP contribution in [0.15, 0.2) is 38.8 Å². The number of nitrogens with one attached hydrogen (secondary N) is 2. The molecule has 0 bridgehead atoms. The summed E-state index contributed by atoms with van der Waals surface area (Å²) in [4.78, 5) is 30.5. The van der Waals surface area contributed by atoms with Crippen molar-refractivity contribution < 1.29 is 9.84 Å². The molecule has 0 saturated heterocycles. The molecule has 0 amide bonds. The molecule has 20 heavy (non-hydrogen) atoms. The normalized spacial score (nSPS) is 10.8. The molecule has 1 aromatic heterocycles. The molecule has 0 unspecified atom stereocenters. The second-order valence-corrected chi connectivity index (χ2v) is 3.86. The molecule has 7 heteroatoms. The van der Waals surface area contributed by atoms with Gasteiger partial charge in [-0.05, 0) is 31.2 Å². The third-order valence-corrected chi connectivity index (χ3v) is 2.45. The highest BCUT2D eigenvalue weighted by atomic mass is 16.5. The Bertz CT molecular complexity index is 729. The van der Waals surface area contributed by atoms with Crippen LogP contribution in [0.25, 0.3) is 0 Å². The Hall–Kier alpha value is -2.83. The van der Waals surface area contributed by atoms with Crippen LogP contribution in [0, 0.1) is 0 Å². The molecule has 104 valence electrons.